The van der Waals surface area contributed by atoms with Gasteiger partial charge in [0.1, 0.15) is 5.75 Å². The molecule has 20 heavy (non-hydrogen) atoms. The van der Waals surface area contributed by atoms with Crippen LogP contribution in [0.2, 0.25) is 0 Å². The zero-order valence-electron chi connectivity index (χ0n) is 10.3. The lowest BCUT2D eigenvalue weighted by atomic mass is 9.94. The monoisotopic (exact) mass is 302 g/mol. The predicted molar refractivity (Wildman–Crippen MR) is 58.3 cm³/mol. The molecule has 0 aromatic heterocycles. The van der Waals surface area contributed by atoms with Gasteiger partial charge in [-0.3, -0.25) is 0 Å². The molecule has 8 heteroatoms. The molecule has 0 saturated heterocycles. The van der Waals surface area contributed by atoms with Crippen LogP contribution in [0.4, 0.5) is 26.3 Å². The summed E-state index contributed by atoms with van der Waals surface area (Å²) in [6, 6.07) is 5.63. The summed E-state index contributed by atoms with van der Waals surface area (Å²) < 4.78 is 79.5. The number of halogens is 6. The Morgan fingerprint density at radius 2 is 1.55 bits per heavy atom. The highest BCUT2D eigenvalue weighted by atomic mass is 19.4. The largest absolute Gasteiger partial charge is 0.496 e. The quantitative estimate of drug-likeness (QED) is 0.864. The van der Waals surface area contributed by atoms with Gasteiger partial charge in [0.15, 0.2) is 5.92 Å². The molecule has 2 nitrogen and oxygen atoms in total. The second-order valence-electron chi connectivity index (χ2n) is 4.14. The summed E-state index contributed by atoms with van der Waals surface area (Å²) in [7, 11) is 1.23. The number of rotatable bonds is 4. The van der Waals surface area contributed by atoms with Gasteiger partial charge in [-0.15, -0.1) is 0 Å². The Labute approximate surface area is 111 Å². The van der Waals surface area contributed by atoms with Gasteiger partial charge >= 0.3 is 12.4 Å². The Morgan fingerprint density at radius 3 is 2.00 bits per heavy atom. The van der Waals surface area contributed by atoms with E-state index in [1.807, 2.05) is 0 Å². The van der Waals surface area contributed by atoms with Gasteiger partial charge in [0.2, 0.25) is 0 Å². The molecule has 0 bridgehead atoms. The summed E-state index contributed by atoms with van der Waals surface area (Å²) in [5, 5.41) is 9.36. The van der Waals surface area contributed by atoms with E-state index in [4.69, 9.17) is 4.74 Å². The van der Waals surface area contributed by atoms with Gasteiger partial charge in [-0.05, 0) is 11.6 Å². The second kappa shape index (κ2) is 5.90. The van der Waals surface area contributed by atoms with Crippen molar-refractivity contribution in [1.29, 1.82) is 0 Å². The second-order valence-corrected chi connectivity index (χ2v) is 4.14. The molecule has 114 valence electrons. The van der Waals surface area contributed by atoms with Gasteiger partial charge in [0, 0.05) is 6.42 Å². The van der Waals surface area contributed by atoms with E-state index in [2.05, 4.69) is 0 Å². The van der Waals surface area contributed by atoms with Crippen molar-refractivity contribution in [2.24, 2.45) is 5.92 Å². The summed E-state index contributed by atoms with van der Waals surface area (Å²) >= 11 is 0. The van der Waals surface area contributed by atoms with Gasteiger partial charge in [-0.2, -0.15) is 26.3 Å². The van der Waals surface area contributed by atoms with E-state index in [9.17, 15) is 31.4 Å². The lowest BCUT2D eigenvalue weighted by Crippen LogP contribution is -2.45. The fourth-order valence-corrected chi connectivity index (χ4v) is 1.84. The number of hydrogen-bond donors (Lipinski definition) is 1. The van der Waals surface area contributed by atoms with Crippen LogP contribution in [0.15, 0.2) is 24.3 Å². The highest BCUT2D eigenvalue weighted by Crippen LogP contribution is 2.42. The normalized spacial score (nSPS) is 14.4. The van der Waals surface area contributed by atoms with Gasteiger partial charge in [0.25, 0.3) is 0 Å². The molecule has 0 aliphatic carbocycles. The van der Waals surface area contributed by atoms with Crippen LogP contribution in [-0.4, -0.2) is 30.7 Å². The SMILES string of the molecule is COc1ccccc1CC(O)C(C(F)(F)F)C(F)(F)F. The number of methoxy groups -OCH3 is 1. The van der Waals surface area contributed by atoms with Crippen molar-refractivity contribution in [2.45, 2.75) is 24.9 Å². The minimum atomic E-state index is -5.57. The first-order chi connectivity index (χ1) is 9.07. The highest BCUT2D eigenvalue weighted by molar-refractivity contribution is 5.33. The van der Waals surface area contributed by atoms with Crippen molar-refractivity contribution in [2.75, 3.05) is 7.11 Å². The average molecular weight is 302 g/mol. The first-order valence-corrected chi connectivity index (χ1v) is 5.50. The molecule has 1 N–H and O–H groups in total. The minimum Gasteiger partial charge on any atom is -0.496 e. The molecular formula is C12H12F6O2. The van der Waals surface area contributed by atoms with E-state index in [1.165, 1.54) is 31.4 Å². The van der Waals surface area contributed by atoms with Crippen LogP contribution in [0.3, 0.4) is 0 Å². The maximum Gasteiger partial charge on any atom is 0.403 e. The third kappa shape index (κ3) is 4.03. The van der Waals surface area contributed by atoms with Crippen LogP contribution in [-0.2, 0) is 6.42 Å². The number of aliphatic hydroxyl groups excluding tert-OH is 1. The fraction of sp³-hybridized carbons (Fsp3) is 0.500. The van der Waals surface area contributed by atoms with Crippen LogP contribution >= 0.6 is 0 Å². The van der Waals surface area contributed by atoms with Crippen LogP contribution in [0.5, 0.6) is 5.75 Å². The fourth-order valence-electron chi connectivity index (χ4n) is 1.84. The number of alkyl halides is 6. The van der Waals surface area contributed by atoms with E-state index < -0.39 is 30.8 Å². The molecule has 0 amide bonds. The predicted octanol–water partition coefficient (Wildman–Crippen LogP) is 3.34. The Kier molecular flexibility index (Phi) is 4.90. The molecule has 1 atom stereocenters. The number of hydrogen-bond acceptors (Lipinski definition) is 2. The standard InChI is InChI=1S/C12H12F6O2/c1-20-9-5-3-2-4-7(9)6-8(19)10(11(13,14)15)12(16,17)18/h2-5,8,10,19H,6H2,1H3. The number of para-hydroxylation sites is 1. The summed E-state index contributed by atoms with van der Waals surface area (Å²) in [5.41, 5.74) is 0.0704. The Morgan fingerprint density at radius 1 is 1.05 bits per heavy atom. The molecule has 0 fully saturated rings. The molecule has 0 spiro atoms. The van der Waals surface area contributed by atoms with Crippen molar-refractivity contribution in [3.05, 3.63) is 29.8 Å². The maximum atomic E-state index is 12.4. The molecule has 1 aromatic carbocycles. The lowest BCUT2D eigenvalue weighted by Gasteiger charge is -2.27. The third-order valence-electron chi connectivity index (χ3n) is 2.71. The van der Waals surface area contributed by atoms with Gasteiger partial charge in [-0.1, -0.05) is 18.2 Å². The molecule has 1 unspecified atom stereocenters. The molecule has 0 saturated carbocycles. The van der Waals surface area contributed by atoms with Crippen LogP contribution in [0.1, 0.15) is 5.56 Å². The van der Waals surface area contributed by atoms with Crippen LogP contribution in [0, 0.1) is 5.92 Å². The minimum absolute atomic E-state index is 0.0704. The van der Waals surface area contributed by atoms with Crippen molar-refractivity contribution >= 4 is 0 Å². The van der Waals surface area contributed by atoms with Crippen molar-refractivity contribution in [3.8, 4) is 5.75 Å². The van der Waals surface area contributed by atoms with Gasteiger partial charge < -0.3 is 9.84 Å². The molecule has 1 aromatic rings. The van der Waals surface area contributed by atoms with Crippen molar-refractivity contribution in [3.63, 3.8) is 0 Å². The summed E-state index contributed by atoms with van der Waals surface area (Å²) in [6.07, 6.45) is -14.6. The molecular weight excluding hydrogens is 290 g/mol. The topological polar surface area (TPSA) is 29.5 Å². The zero-order chi connectivity index (χ0) is 15.6. The number of aliphatic hydroxyl groups is 1. The maximum absolute atomic E-state index is 12.4. The van der Waals surface area contributed by atoms with E-state index in [1.54, 1.807) is 0 Å². The van der Waals surface area contributed by atoms with E-state index >= 15 is 0 Å². The van der Waals surface area contributed by atoms with Gasteiger partial charge in [0.05, 0.1) is 13.2 Å². The van der Waals surface area contributed by atoms with E-state index in [-0.39, 0.29) is 11.3 Å². The van der Waals surface area contributed by atoms with Crippen LogP contribution in [0.25, 0.3) is 0 Å². The molecule has 1 rings (SSSR count). The first kappa shape index (κ1) is 16.6. The van der Waals surface area contributed by atoms with Gasteiger partial charge in [-0.25, -0.2) is 0 Å². The molecule has 0 aliphatic rings. The van der Waals surface area contributed by atoms with Crippen molar-refractivity contribution < 1.29 is 36.2 Å². The smallest absolute Gasteiger partial charge is 0.403 e. The lowest BCUT2D eigenvalue weighted by molar-refractivity contribution is -0.305. The molecule has 0 heterocycles. The summed E-state index contributed by atoms with van der Waals surface area (Å²) in [5.74, 6) is -3.67. The highest BCUT2D eigenvalue weighted by Gasteiger charge is 2.60. The molecule has 0 aliphatic heterocycles. The first-order valence-electron chi connectivity index (χ1n) is 5.50. The van der Waals surface area contributed by atoms with Crippen LogP contribution < -0.4 is 4.74 Å². The zero-order valence-corrected chi connectivity index (χ0v) is 10.3. The Balaban J connectivity index is 3.00. The summed E-state index contributed by atoms with van der Waals surface area (Å²) in [6.45, 7) is 0. The molecule has 0 radical (unpaired) electrons. The summed E-state index contributed by atoms with van der Waals surface area (Å²) in [4.78, 5) is 0. The Bertz CT molecular complexity index is 426. The van der Waals surface area contributed by atoms with E-state index in [0.717, 1.165) is 0 Å². The van der Waals surface area contributed by atoms with E-state index in [0.29, 0.717) is 0 Å². The third-order valence-corrected chi connectivity index (χ3v) is 2.71. The number of benzene rings is 1. The number of ether oxygens (including phenoxy) is 1. The Hall–Kier alpha value is -1.44. The average Bonchev–Trinajstić information content (AvgIpc) is 2.25. The van der Waals surface area contributed by atoms with Crippen molar-refractivity contribution in [1.82, 2.24) is 0 Å².